The zero-order valence-corrected chi connectivity index (χ0v) is 13.1. The second-order valence-electron chi connectivity index (χ2n) is 5.42. The quantitative estimate of drug-likeness (QED) is 0.655. The van der Waals surface area contributed by atoms with Gasteiger partial charge < -0.3 is 4.74 Å². The summed E-state index contributed by atoms with van der Waals surface area (Å²) >= 11 is 0. The molecule has 4 heteroatoms. The van der Waals surface area contributed by atoms with Crippen LogP contribution in [0.5, 0.6) is 5.75 Å². The molecular weight excluding hydrogens is 262 g/mol. The summed E-state index contributed by atoms with van der Waals surface area (Å²) in [7, 11) is 1.65. The normalized spacial score (nSPS) is 12.2. The predicted molar refractivity (Wildman–Crippen MR) is 85.2 cm³/mol. The van der Waals surface area contributed by atoms with Crippen LogP contribution in [0.15, 0.2) is 30.6 Å². The number of hydrazine groups is 1. The molecule has 3 N–H and O–H groups in total. The molecule has 0 saturated carbocycles. The maximum absolute atomic E-state index is 5.78. The minimum absolute atomic E-state index is 0.0111. The molecule has 1 heterocycles. The monoisotopic (exact) mass is 285 g/mol. The van der Waals surface area contributed by atoms with Crippen LogP contribution in [0.3, 0.4) is 0 Å². The number of hydrogen-bond acceptors (Lipinski definition) is 4. The van der Waals surface area contributed by atoms with E-state index < -0.39 is 0 Å². The smallest absolute Gasteiger partial charge is 0.141 e. The highest BCUT2D eigenvalue weighted by Crippen LogP contribution is 2.28. The van der Waals surface area contributed by atoms with Crippen LogP contribution in [-0.4, -0.2) is 12.1 Å². The largest absolute Gasteiger partial charge is 0.495 e. The van der Waals surface area contributed by atoms with Crippen molar-refractivity contribution in [3.05, 3.63) is 58.4 Å². The Morgan fingerprint density at radius 2 is 1.90 bits per heavy atom. The number of nitrogens with zero attached hydrogens (tertiary/aromatic N) is 1. The molecule has 0 aliphatic rings. The van der Waals surface area contributed by atoms with Gasteiger partial charge in [-0.1, -0.05) is 17.7 Å². The van der Waals surface area contributed by atoms with Crippen molar-refractivity contribution in [3.8, 4) is 5.75 Å². The third-order valence-electron chi connectivity index (χ3n) is 3.86. The van der Waals surface area contributed by atoms with E-state index >= 15 is 0 Å². The van der Waals surface area contributed by atoms with Crippen LogP contribution in [0.25, 0.3) is 0 Å². The molecule has 0 bridgehead atoms. The SMILES string of the molecule is COc1cnccc1C(Cc1c(C)cc(C)cc1C)NN. The number of aryl methyl sites for hydroxylation is 3. The number of ether oxygens (including phenoxy) is 1. The van der Waals surface area contributed by atoms with E-state index in [1.165, 1.54) is 22.3 Å². The van der Waals surface area contributed by atoms with E-state index in [0.717, 1.165) is 17.7 Å². The summed E-state index contributed by atoms with van der Waals surface area (Å²) in [5, 5.41) is 0. The van der Waals surface area contributed by atoms with Crippen LogP contribution in [0.1, 0.15) is 33.9 Å². The number of nitrogens with one attached hydrogen (secondary N) is 1. The number of methoxy groups -OCH3 is 1. The highest BCUT2D eigenvalue weighted by molar-refractivity contribution is 5.40. The van der Waals surface area contributed by atoms with E-state index in [2.05, 4.69) is 43.3 Å². The lowest BCUT2D eigenvalue weighted by molar-refractivity contribution is 0.397. The van der Waals surface area contributed by atoms with Gasteiger partial charge in [0.1, 0.15) is 5.75 Å². The minimum Gasteiger partial charge on any atom is -0.495 e. The zero-order chi connectivity index (χ0) is 15.4. The maximum Gasteiger partial charge on any atom is 0.141 e. The Kier molecular flexibility index (Phi) is 4.94. The lowest BCUT2D eigenvalue weighted by atomic mass is 9.92. The van der Waals surface area contributed by atoms with Gasteiger partial charge in [0, 0.05) is 11.8 Å². The second kappa shape index (κ2) is 6.70. The standard InChI is InChI=1S/C17H23N3O/c1-11-7-12(2)15(13(3)8-11)9-16(20-18)14-5-6-19-10-17(14)21-4/h5-8,10,16,20H,9,18H2,1-4H3. The first-order chi connectivity index (χ1) is 10.1. The number of hydrogen-bond donors (Lipinski definition) is 2. The minimum atomic E-state index is -0.0111. The number of rotatable bonds is 5. The van der Waals surface area contributed by atoms with Gasteiger partial charge in [-0.05, 0) is 49.9 Å². The first-order valence-corrected chi connectivity index (χ1v) is 7.07. The number of aromatic nitrogens is 1. The van der Waals surface area contributed by atoms with Crippen LogP contribution in [0.4, 0.5) is 0 Å². The first-order valence-electron chi connectivity index (χ1n) is 7.07. The third kappa shape index (κ3) is 3.40. The fourth-order valence-corrected chi connectivity index (χ4v) is 2.84. The van der Waals surface area contributed by atoms with Crippen molar-refractivity contribution in [1.82, 2.24) is 10.4 Å². The van der Waals surface area contributed by atoms with Crippen molar-refractivity contribution in [2.45, 2.75) is 33.2 Å². The first kappa shape index (κ1) is 15.5. The summed E-state index contributed by atoms with van der Waals surface area (Å²) in [4.78, 5) is 4.09. The van der Waals surface area contributed by atoms with Gasteiger partial charge in [0.15, 0.2) is 0 Å². The van der Waals surface area contributed by atoms with Gasteiger partial charge in [-0.25, -0.2) is 0 Å². The Morgan fingerprint density at radius 3 is 2.48 bits per heavy atom. The predicted octanol–water partition coefficient (Wildman–Crippen LogP) is 2.76. The summed E-state index contributed by atoms with van der Waals surface area (Å²) in [5.41, 5.74) is 9.12. The van der Waals surface area contributed by atoms with Crippen molar-refractivity contribution in [2.24, 2.45) is 5.84 Å². The topological polar surface area (TPSA) is 60.2 Å². The number of pyridine rings is 1. The van der Waals surface area contributed by atoms with Crippen molar-refractivity contribution in [3.63, 3.8) is 0 Å². The van der Waals surface area contributed by atoms with E-state index in [4.69, 9.17) is 10.6 Å². The second-order valence-corrected chi connectivity index (χ2v) is 5.42. The summed E-state index contributed by atoms with van der Waals surface area (Å²) in [6, 6.07) is 6.35. The Balaban J connectivity index is 2.36. The highest BCUT2D eigenvalue weighted by Gasteiger charge is 2.17. The molecule has 0 spiro atoms. The van der Waals surface area contributed by atoms with E-state index in [1.807, 2.05) is 6.07 Å². The molecule has 1 atom stereocenters. The average Bonchev–Trinajstić information content (AvgIpc) is 2.46. The van der Waals surface area contributed by atoms with E-state index in [0.29, 0.717) is 0 Å². The van der Waals surface area contributed by atoms with Crippen molar-refractivity contribution in [2.75, 3.05) is 7.11 Å². The van der Waals surface area contributed by atoms with Crippen LogP contribution >= 0.6 is 0 Å². The van der Waals surface area contributed by atoms with Gasteiger partial charge in [0.2, 0.25) is 0 Å². The fraction of sp³-hybridized carbons (Fsp3) is 0.353. The van der Waals surface area contributed by atoms with Crippen LogP contribution in [-0.2, 0) is 6.42 Å². The third-order valence-corrected chi connectivity index (χ3v) is 3.86. The van der Waals surface area contributed by atoms with E-state index in [1.54, 1.807) is 19.5 Å². The van der Waals surface area contributed by atoms with Crippen LogP contribution in [0, 0.1) is 20.8 Å². The van der Waals surface area contributed by atoms with Gasteiger partial charge in [0.25, 0.3) is 0 Å². The molecule has 1 unspecified atom stereocenters. The lowest BCUT2D eigenvalue weighted by Gasteiger charge is -2.21. The molecule has 0 fully saturated rings. The fourth-order valence-electron chi connectivity index (χ4n) is 2.84. The summed E-state index contributed by atoms with van der Waals surface area (Å²) < 4.78 is 5.39. The molecule has 0 aliphatic carbocycles. The van der Waals surface area contributed by atoms with Crippen LogP contribution in [0.2, 0.25) is 0 Å². The Labute approximate surface area is 126 Å². The summed E-state index contributed by atoms with van der Waals surface area (Å²) in [6.07, 6.45) is 4.29. The molecule has 0 amide bonds. The van der Waals surface area contributed by atoms with Gasteiger partial charge in [-0.15, -0.1) is 0 Å². The molecule has 0 radical (unpaired) electrons. The molecule has 1 aromatic heterocycles. The van der Waals surface area contributed by atoms with Crippen molar-refractivity contribution < 1.29 is 4.74 Å². The van der Waals surface area contributed by atoms with Crippen molar-refractivity contribution >= 4 is 0 Å². The zero-order valence-electron chi connectivity index (χ0n) is 13.1. The van der Waals surface area contributed by atoms with Crippen molar-refractivity contribution in [1.29, 1.82) is 0 Å². The molecule has 112 valence electrons. The Bertz CT molecular complexity index is 602. The summed E-state index contributed by atoms with van der Waals surface area (Å²) in [6.45, 7) is 6.41. The molecule has 2 aromatic rings. The lowest BCUT2D eigenvalue weighted by Crippen LogP contribution is -2.30. The Morgan fingerprint density at radius 1 is 1.24 bits per heavy atom. The molecule has 0 aliphatic heterocycles. The van der Waals surface area contributed by atoms with Gasteiger partial charge >= 0.3 is 0 Å². The molecule has 0 saturated heterocycles. The van der Waals surface area contributed by atoms with E-state index in [-0.39, 0.29) is 6.04 Å². The molecule has 21 heavy (non-hydrogen) atoms. The summed E-state index contributed by atoms with van der Waals surface area (Å²) in [5.74, 6) is 6.53. The maximum atomic E-state index is 5.78. The highest BCUT2D eigenvalue weighted by atomic mass is 16.5. The molecule has 4 nitrogen and oxygen atoms in total. The van der Waals surface area contributed by atoms with Gasteiger partial charge in [-0.2, -0.15) is 0 Å². The number of nitrogens with two attached hydrogens (primary N) is 1. The molecular formula is C17H23N3O. The Hall–Kier alpha value is -1.91. The molecule has 2 rings (SSSR count). The van der Waals surface area contributed by atoms with Gasteiger partial charge in [-0.3, -0.25) is 16.3 Å². The van der Waals surface area contributed by atoms with Gasteiger partial charge in [0.05, 0.1) is 19.3 Å². The molecule has 1 aromatic carbocycles. The van der Waals surface area contributed by atoms with E-state index in [9.17, 15) is 0 Å². The number of benzene rings is 1. The average molecular weight is 285 g/mol. The van der Waals surface area contributed by atoms with Crippen LogP contribution < -0.4 is 16.0 Å².